The van der Waals surface area contributed by atoms with Gasteiger partial charge in [-0.15, -0.1) is 0 Å². The summed E-state index contributed by atoms with van der Waals surface area (Å²) in [6.45, 7) is 4.43. The average Bonchev–Trinajstić information content (AvgIpc) is 3.46. The van der Waals surface area contributed by atoms with Crippen molar-refractivity contribution < 1.29 is 49.0 Å². The van der Waals surface area contributed by atoms with Gasteiger partial charge in [0.2, 0.25) is 5.95 Å². The van der Waals surface area contributed by atoms with Crippen LogP contribution < -0.4 is 15.0 Å². The van der Waals surface area contributed by atoms with Gasteiger partial charge in [0, 0.05) is 50.7 Å². The number of β-amino-alcohol motifs (C(OH)–C–C–N with tert-alkyl or cyclic N) is 1. The predicted octanol–water partition coefficient (Wildman–Crippen LogP) is 1.55. The lowest BCUT2D eigenvalue weighted by molar-refractivity contribution is -0.170. The molecule has 3 aromatic heterocycles. The van der Waals surface area contributed by atoms with E-state index in [2.05, 4.69) is 30.1 Å². The van der Waals surface area contributed by atoms with Gasteiger partial charge >= 0.3 is 17.9 Å². The number of nitrogens with zero attached hydrogens (tertiary/aromatic N) is 6. The Hall–Kier alpha value is -5.39. The van der Waals surface area contributed by atoms with Gasteiger partial charge in [-0.1, -0.05) is 6.07 Å². The Kier molecular flexibility index (Phi) is 11.2. The van der Waals surface area contributed by atoms with Crippen LogP contribution in [0.25, 0.3) is 17.0 Å². The Balaban J connectivity index is 0.000000328. The predicted molar refractivity (Wildman–Crippen MR) is 165 cm³/mol. The Morgan fingerprint density at radius 2 is 1.70 bits per heavy atom. The second-order valence-electron chi connectivity index (χ2n) is 10.5. The monoisotopic (exact) mass is 655 g/mol. The third-order valence-electron chi connectivity index (χ3n) is 7.27. The zero-order valence-corrected chi connectivity index (χ0v) is 25.3. The number of nitrogens with one attached hydrogen (secondary N) is 1. The summed E-state index contributed by atoms with van der Waals surface area (Å²) < 4.78 is 22.0. The number of carboxylic acids is 3. The molecule has 4 aromatic rings. The molecule has 0 saturated carbocycles. The van der Waals surface area contributed by atoms with Crippen molar-refractivity contribution in [1.82, 2.24) is 24.3 Å². The molecule has 5 rings (SSSR count). The normalized spacial score (nSPS) is 13.5. The number of carboxylic acid groups (broad SMARTS) is 3. The van der Waals surface area contributed by atoms with Crippen molar-refractivity contribution in [3.63, 3.8) is 0 Å². The summed E-state index contributed by atoms with van der Waals surface area (Å²) in [5.41, 5.74) is 0.407. The number of imidazole rings is 1. The number of ether oxygens (including phenoxy) is 1. The number of halogens is 1. The Morgan fingerprint density at radius 3 is 2.32 bits per heavy atom. The second-order valence-corrected chi connectivity index (χ2v) is 10.5. The lowest BCUT2D eigenvalue weighted by atomic mass is 9.96. The summed E-state index contributed by atoms with van der Waals surface area (Å²) in [4.78, 5) is 47.9. The number of hydrogen-bond acceptors (Lipinski definition) is 12. The Bertz CT molecular complexity index is 1710. The van der Waals surface area contributed by atoms with Crippen LogP contribution in [0.4, 0.5) is 21.7 Å². The van der Waals surface area contributed by atoms with Gasteiger partial charge in [-0.3, -0.25) is 18.9 Å². The first kappa shape index (κ1) is 34.5. The van der Waals surface area contributed by atoms with E-state index >= 15 is 0 Å². The van der Waals surface area contributed by atoms with E-state index in [1.54, 1.807) is 17.7 Å². The number of pyridine rings is 1. The summed E-state index contributed by atoms with van der Waals surface area (Å²) >= 11 is 0. The van der Waals surface area contributed by atoms with Crippen molar-refractivity contribution >= 4 is 40.9 Å². The van der Waals surface area contributed by atoms with Crippen molar-refractivity contribution in [2.75, 3.05) is 56.7 Å². The molecule has 16 nitrogen and oxygen atoms in total. The Morgan fingerprint density at radius 1 is 1.00 bits per heavy atom. The highest BCUT2D eigenvalue weighted by molar-refractivity contribution is 5.88. The van der Waals surface area contributed by atoms with Crippen LogP contribution in [-0.2, 0) is 14.4 Å². The van der Waals surface area contributed by atoms with E-state index in [4.69, 9.17) is 30.3 Å². The molecular formula is C30H34FN7O9. The van der Waals surface area contributed by atoms with Crippen LogP contribution in [0.3, 0.4) is 0 Å². The topological polar surface area (TPSA) is 223 Å². The lowest BCUT2D eigenvalue weighted by Crippen LogP contribution is -2.47. The van der Waals surface area contributed by atoms with Crippen LogP contribution in [-0.4, -0.2) is 120 Å². The minimum Gasteiger partial charge on any atom is -0.494 e. The Labute approximate surface area is 267 Å². The number of rotatable bonds is 12. The number of methoxy groups -OCH3 is 1. The van der Waals surface area contributed by atoms with Gasteiger partial charge in [0.15, 0.2) is 11.4 Å². The van der Waals surface area contributed by atoms with Gasteiger partial charge in [0.25, 0.3) is 0 Å². The number of fused-ring (bicyclic) bond motifs is 1. The highest BCUT2D eigenvalue weighted by Crippen LogP contribution is 2.32. The molecule has 0 aliphatic carbocycles. The first-order chi connectivity index (χ1) is 22.4. The average molecular weight is 656 g/mol. The summed E-state index contributed by atoms with van der Waals surface area (Å²) in [6.07, 6.45) is 2.28. The zero-order chi connectivity index (χ0) is 34.1. The van der Waals surface area contributed by atoms with Crippen molar-refractivity contribution in [3.8, 4) is 17.1 Å². The van der Waals surface area contributed by atoms with Gasteiger partial charge < -0.3 is 40.5 Å². The van der Waals surface area contributed by atoms with Gasteiger partial charge in [0.05, 0.1) is 50.3 Å². The van der Waals surface area contributed by atoms with E-state index in [1.165, 1.54) is 0 Å². The number of carbonyl (C=O) groups is 3. The van der Waals surface area contributed by atoms with E-state index in [9.17, 15) is 18.8 Å². The molecule has 1 aliphatic rings. The molecule has 1 fully saturated rings. The molecule has 0 atom stereocenters. The smallest absolute Gasteiger partial charge is 0.336 e. The van der Waals surface area contributed by atoms with Crippen molar-refractivity contribution in [2.45, 2.75) is 18.4 Å². The summed E-state index contributed by atoms with van der Waals surface area (Å²) in [5, 5.41) is 46.1. The van der Waals surface area contributed by atoms with Gasteiger partial charge in [-0.2, -0.15) is 0 Å². The molecule has 0 unspecified atom stereocenters. The summed E-state index contributed by atoms with van der Waals surface area (Å²) in [7, 11) is 1.61. The van der Waals surface area contributed by atoms with E-state index in [1.807, 2.05) is 42.6 Å². The molecule has 0 bridgehead atoms. The highest BCUT2D eigenvalue weighted by atomic mass is 19.1. The first-order valence-corrected chi connectivity index (χ1v) is 14.3. The van der Waals surface area contributed by atoms with Crippen LogP contribution >= 0.6 is 0 Å². The number of aliphatic hydroxyl groups is 2. The standard InChI is InChI=1S/C24H26FN7O2.C6H8O7/c1-34-21-14-17(31-10-8-30(9-11-31)12-13-33)5-6-19(21)28-24-27-15-18(25)23(29-24)20-16-26-22-4-2-3-7-32(20)22;7-3(8)1-6(13,5(11)12)2-4(9)10/h2-7,14-16,33H,8-13H2,1H3,(H,27,28,29);13H,1-2H2,(H,7,8)(H,9,10)(H,11,12). The van der Waals surface area contributed by atoms with E-state index < -0.39 is 42.2 Å². The lowest BCUT2D eigenvalue weighted by Gasteiger charge is -2.36. The molecule has 0 amide bonds. The van der Waals surface area contributed by atoms with Crippen molar-refractivity contribution in [1.29, 1.82) is 0 Å². The molecule has 1 aromatic carbocycles. The summed E-state index contributed by atoms with van der Waals surface area (Å²) in [6, 6.07) is 11.5. The molecule has 4 heterocycles. The minimum absolute atomic E-state index is 0.160. The third kappa shape index (κ3) is 8.66. The third-order valence-corrected chi connectivity index (χ3v) is 7.27. The van der Waals surface area contributed by atoms with Crippen LogP contribution in [0, 0.1) is 5.82 Å². The number of piperazine rings is 1. The molecular weight excluding hydrogens is 621 g/mol. The van der Waals surface area contributed by atoms with Crippen molar-refractivity contribution in [2.24, 2.45) is 0 Å². The maximum atomic E-state index is 14.6. The summed E-state index contributed by atoms with van der Waals surface area (Å²) in [5.74, 6) is -4.65. The molecule has 17 heteroatoms. The number of aliphatic hydroxyl groups excluding tert-OH is 1. The fourth-order valence-corrected chi connectivity index (χ4v) is 4.90. The maximum Gasteiger partial charge on any atom is 0.336 e. The van der Waals surface area contributed by atoms with Crippen LogP contribution in [0.2, 0.25) is 0 Å². The minimum atomic E-state index is -2.74. The van der Waals surface area contributed by atoms with Gasteiger partial charge in [0.1, 0.15) is 17.1 Å². The highest BCUT2D eigenvalue weighted by Gasteiger charge is 2.40. The molecule has 0 spiro atoms. The molecule has 47 heavy (non-hydrogen) atoms. The van der Waals surface area contributed by atoms with E-state index in [0.29, 0.717) is 29.3 Å². The van der Waals surface area contributed by atoms with Crippen LogP contribution in [0.1, 0.15) is 12.8 Å². The van der Waals surface area contributed by atoms with Crippen molar-refractivity contribution in [3.05, 3.63) is 60.8 Å². The van der Waals surface area contributed by atoms with Gasteiger partial charge in [-0.25, -0.2) is 24.1 Å². The zero-order valence-electron chi connectivity index (χ0n) is 25.3. The number of aromatic nitrogens is 4. The fraction of sp³-hybridized carbons (Fsp3) is 0.333. The molecule has 6 N–H and O–H groups in total. The van der Waals surface area contributed by atoms with E-state index in [-0.39, 0.29) is 18.2 Å². The maximum absolute atomic E-state index is 14.6. The fourth-order valence-electron chi connectivity index (χ4n) is 4.90. The van der Waals surface area contributed by atoms with E-state index in [0.717, 1.165) is 38.1 Å². The molecule has 1 saturated heterocycles. The number of anilines is 3. The van der Waals surface area contributed by atoms with Crippen LogP contribution in [0.15, 0.2) is 55.0 Å². The largest absolute Gasteiger partial charge is 0.494 e. The SMILES string of the molecule is COc1cc(N2CCN(CCO)CC2)ccc1Nc1ncc(F)c(-c2cnc3ccccn23)n1.O=C(O)CC(O)(CC(=O)O)C(=O)O. The quantitative estimate of drug-likeness (QED) is 0.127. The molecule has 250 valence electrons. The molecule has 0 radical (unpaired) electrons. The first-order valence-electron chi connectivity index (χ1n) is 14.3. The molecule has 1 aliphatic heterocycles. The second kappa shape index (κ2) is 15.3. The number of aliphatic carboxylic acids is 3. The van der Waals surface area contributed by atoms with Crippen LogP contribution in [0.5, 0.6) is 5.75 Å². The van der Waals surface area contributed by atoms with Gasteiger partial charge in [-0.05, 0) is 24.3 Å². The number of hydrogen-bond donors (Lipinski definition) is 6. The number of benzene rings is 1.